The third-order valence-corrected chi connectivity index (χ3v) is 4.70. The second-order valence-corrected chi connectivity index (χ2v) is 6.21. The van der Waals surface area contributed by atoms with Crippen molar-refractivity contribution in [1.82, 2.24) is 5.32 Å². The number of rotatable bonds is 7. The molecule has 0 spiro atoms. The fraction of sp³-hybridized carbons (Fsp3) is 0.625. The van der Waals surface area contributed by atoms with E-state index in [-0.39, 0.29) is 6.61 Å². The van der Waals surface area contributed by atoms with E-state index in [1.165, 1.54) is 17.5 Å². The summed E-state index contributed by atoms with van der Waals surface area (Å²) in [6.07, 6.45) is 6.39. The van der Waals surface area contributed by atoms with Gasteiger partial charge in [-0.2, -0.15) is 11.8 Å². The Morgan fingerprint density at radius 1 is 1.50 bits per heavy atom. The second-order valence-electron chi connectivity index (χ2n) is 5.30. The first-order valence-electron chi connectivity index (χ1n) is 7.31. The topological polar surface area (TPSA) is 41.5 Å². The van der Waals surface area contributed by atoms with Crippen LogP contribution in [-0.4, -0.2) is 36.9 Å². The lowest BCUT2D eigenvalue weighted by Gasteiger charge is -2.31. The number of ether oxygens (including phenoxy) is 1. The van der Waals surface area contributed by atoms with Crippen LogP contribution >= 0.6 is 11.8 Å². The molecule has 3 nitrogen and oxygen atoms in total. The summed E-state index contributed by atoms with van der Waals surface area (Å²) in [5.74, 6) is 2.05. The van der Waals surface area contributed by atoms with Gasteiger partial charge in [-0.15, -0.1) is 0 Å². The van der Waals surface area contributed by atoms with Gasteiger partial charge in [0.25, 0.3) is 0 Å². The number of methoxy groups -OCH3 is 1. The average Bonchev–Trinajstić information content (AvgIpc) is 2.47. The molecular weight excluding hydrogens is 270 g/mol. The summed E-state index contributed by atoms with van der Waals surface area (Å²) in [7, 11) is 1.74. The molecule has 1 aromatic carbocycles. The van der Waals surface area contributed by atoms with E-state index in [1.807, 2.05) is 17.8 Å². The van der Waals surface area contributed by atoms with Crippen molar-refractivity contribution < 1.29 is 9.84 Å². The number of benzene rings is 1. The van der Waals surface area contributed by atoms with E-state index in [1.54, 1.807) is 7.11 Å². The van der Waals surface area contributed by atoms with E-state index >= 15 is 0 Å². The highest BCUT2D eigenvalue weighted by atomic mass is 32.2. The Hall–Kier alpha value is -0.710. The van der Waals surface area contributed by atoms with Crippen molar-refractivity contribution in [2.75, 3.05) is 25.7 Å². The Morgan fingerprint density at radius 3 is 3.05 bits per heavy atom. The molecular formula is C16H25NO2S. The first-order chi connectivity index (χ1) is 9.80. The van der Waals surface area contributed by atoms with Gasteiger partial charge in [0, 0.05) is 24.4 Å². The molecule has 1 aliphatic rings. The van der Waals surface area contributed by atoms with E-state index in [2.05, 4.69) is 23.7 Å². The number of aliphatic hydroxyl groups is 1. The normalized spacial score (nSPS) is 19.4. The minimum Gasteiger partial charge on any atom is -0.496 e. The number of thioether (sulfide) groups is 1. The Kier molecular flexibility index (Phi) is 6.20. The second kappa shape index (κ2) is 7.91. The molecule has 0 unspecified atom stereocenters. The zero-order valence-corrected chi connectivity index (χ0v) is 13.2. The molecule has 0 saturated heterocycles. The summed E-state index contributed by atoms with van der Waals surface area (Å²) in [5.41, 5.74) is 2.73. The van der Waals surface area contributed by atoms with Crippen LogP contribution in [0.1, 0.15) is 36.4 Å². The third-order valence-electron chi connectivity index (χ3n) is 3.97. The van der Waals surface area contributed by atoms with Crippen molar-refractivity contribution >= 4 is 11.8 Å². The molecule has 2 rings (SSSR count). The van der Waals surface area contributed by atoms with Crippen LogP contribution in [0, 0.1) is 0 Å². The maximum atomic E-state index is 9.20. The fourth-order valence-corrected chi connectivity index (χ4v) is 3.70. The smallest absolute Gasteiger partial charge is 0.122 e. The van der Waals surface area contributed by atoms with Gasteiger partial charge < -0.3 is 15.2 Å². The maximum absolute atomic E-state index is 9.20. The highest BCUT2D eigenvalue weighted by molar-refractivity contribution is 7.98. The van der Waals surface area contributed by atoms with Crippen LogP contribution in [0.3, 0.4) is 0 Å². The molecule has 20 heavy (non-hydrogen) atoms. The summed E-state index contributed by atoms with van der Waals surface area (Å²) in [6.45, 7) is 0.246. The van der Waals surface area contributed by atoms with Gasteiger partial charge in [0.2, 0.25) is 0 Å². The van der Waals surface area contributed by atoms with Gasteiger partial charge in [-0.05, 0) is 49.1 Å². The quantitative estimate of drug-likeness (QED) is 0.811. The Bertz CT molecular complexity index is 419. The van der Waals surface area contributed by atoms with Gasteiger partial charge in [-0.3, -0.25) is 0 Å². The molecule has 0 heterocycles. The van der Waals surface area contributed by atoms with E-state index in [0.717, 1.165) is 30.8 Å². The molecule has 0 radical (unpaired) electrons. The first kappa shape index (κ1) is 15.7. The van der Waals surface area contributed by atoms with Crippen LogP contribution in [0.4, 0.5) is 0 Å². The number of hydrogen-bond donors (Lipinski definition) is 2. The standard InChI is InChI=1S/C16H25NO2S/c1-19-16-8-4-5-13-14(16)6-3-7-15(13)17-12(9-10-18)11-20-2/h4-5,8,12,15,17-18H,3,6-7,9-11H2,1-2H3/t12-,15+/m0/s1. The zero-order valence-electron chi connectivity index (χ0n) is 12.4. The first-order valence-corrected chi connectivity index (χ1v) is 8.71. The highest BCUT2D eigenvalue weighted by Crippen LogP contribution is 2.35. The number of hydrogen-bond acceptors (Lipinski definition) is 4. The van der Waals surface area contributed by atoms with Crippen molar-refractivity contribution in [3.8, 4) is 5.75 Å². The fourth-order valence-electron chi connectivity index (χ4n) is 3.04. The summed E-state index contributed by atoms with van der Waals surface area (Å²) in [5, 5.41) is 12.9. The van der Waals surface area contributed by atoms with Gasteiger partial charge in [0.15, 0.2) is 0 Å². The van der Waals surface area contributed by atoms with Gasteiger partial charge in [0.1, 0.15) is 5.75 Å². The van der Waals surface area contributed by atoms with Gasteiger partial charge in [-0.1, -0.05) is 12.1 Å². The van der Waals surface area contributed by atoms with Crippen LogP contribution in [0.15, 0.2) is 18.2 Å². The molecule has 2 N–H and O–H groups in total. The lowest BCUT2D eigenvalue weighted by atomic mass is 9.86. The summed E-state index contributed by atoms with van der Waals surface area (Å²) in [4.78, 5) is 0. The van der Waals surface area contributed by atoms with Crippen molar-refractivity contribution in [3.63, 3.8) is 0 Å². The lowest BCUT2D eigenvalue weighted by molar-refractivity contribution is 0.261. The lowest BCUT2D eigenvalue weighted by Crippen LogP contribution is -2.37. The molecule has 0 amide bonds. The Balaban J connectivity index is 2.15. The van der Waals surface area contributed by atoms with E-state index in [9.17, 15) is 5.11 Å². The molecule has 0 aromatic heterocycles. The zero-order chi connectivity index (χ0) is 14.4. The number of aliphatic hydroxyl groups excluding tert-OH is 1. The largest absolute Gasteiger partial charge is 0.496 e. The summed E-state index contributed by atoms with van der Waals surface area (Å²) < 4.78 is 5.49. The molecule has 112 valence electrons. The van der Waals surface area contributed by atoms with E-state index in [0.29, 0.717) is 12.1 Å². The van der Waals surface area contributed by atoms with E-state index < -0.39 is 0 Å². The maximum Gasteiger partial charge on any atom is 0.122 e. The van der Waals surface area contributed by atoms with Crippen LogP contribution in [0.2, 0.25) is 0 Å². The van der Waals surface area contributed by atoms with Crippen LogP contribution < -0.4 is 10.1 Å². The molecule has 1 aromatic rings. The summed E-state index contributed by atoms with van der Waals surface area (Å²) >= 11 is 1.83. The molecule has 0 fully saturated rings. The Labute approximate surface area is 126 Å². The van der Waals surface area contributed by atoms with Crippen molar-refractivity contribution in [1.29, 1.82) is 0 Å². The van der Waals surface area contributed by atoms with Crippen LogP contribution in [-0.2, 0) is 6.42 Å². The Morgan fingerprint density at radius 2 is 2.35 bits per heavy atom. The predicted octanol–water partition coefficient (Wildman–Crippen LogP) is 2.78. The molecule has 2 atom stereocenters. The van der Waals surface area contributed by atoms with Gasteiger partial charge in [0.05, 0.1) is 7.11 Å². The van der Waals surface area contributed by atoms with Crippen molar-refractivity contribution in [2.45, 2.75) is 37.8 Å². The third kappa shape index (κ3) is 3.68. The van der Waals surface area contributed by atoms with Crippen molar-refractivity contribution in [3.05, 3.63) is 29.3 Å². The minimum absolute atomic E-state index is 0.246. The monoisotopic (exact) mass is 295 g/mol. The average molecular weight is 295 g/mol. The molecule has 0 saturated carbocycles. The number of nitrogens with one attached hydrogen (secondary N) is 1. The molecule has 0 bridgehead atoms. The SMILES string of the molecule is COc1cccc2c1CCC[C@H]2N[C@@H](CCO)CSC. The van der Waals surface area contributed by atoms with Gasteiger partial charge in [-0.25, -0.2) is 0 Å². The highest BCUT2D eigenvalue weighted by Gasteiger charge is 2.24. The van der Waals surface area contributed by atoms with Gasteiger partial charge >= 0.3 is 0 Å². The molecule has 4 heteroatoms. The van der Waals surface area contributed by atoms with Crippen LogP contribution in [0.25, 0.3) is 0 Å². The van der Waals surface area contributed by atoms with E-state index in [4.69, 9.17) is 4.74 Å². The number of fused-ring (bicyclic) bond motifs is 1. The van der Waals surface area contributed by atoms with Crippen LogP contribution in [0.5, 0.6) is 5.75 Å². The van der Waals surface area contributed by atoms with Crippen molar-refractivity contribution in [2.24, 2.45) is 0 Å². The summed E-state index contributed by atoms with van der Waals surface area (Å²) in [6, 6.07) is 7.10. The molecule has 0 aliphatic heterocycles. The molecule has 1 aliphatic carbocycles. The minimum atomic E-state index is 0.246. The predicted molar refractivity (Wildman–Crippen MR) is 85.7 cm³/mol.